The van der Waals surface area contributed by atoms with Crippen LogP contribution in [0.1, 0.15) is 35.1 Å². The van der Waals surface area contributed by atoms with Gasteiger partial charge in [0, 0.05) is 24.1 Å². The number of ether oxygens (including phenoxy) is 2. The molecule has 0 fully saturated rings. The van der Waals surface area contributed by atoms with Crippen molar-refractivity contribution in [3.63, 3.8) is 0 Å². The van der Waals surface area contributed by atoms with E-state index in [1.807, 2.05) is 13.0 Å². The summed E-state index contributed by atoms with van der Waals surface area (Å²) < 4.78 is 11.8. The minimum absolute atomic E-state index is 0.273. The van der Waals surface area contributed by atoms with Gasteiger partial charge in [-0.15, -0.1) is 0 Å². The summed E-state index contributed by atoms with van der Waals surface area (Å²) in [4.78, 5) is 2.28. The van der Waals surface area contributed by atoms with Gasteiger partial charge in [0.2, 0.25) is 0 Å². The van der Waals surface area contributed by atoms with Crippen LogP contribution in [-0.4, -0.2) is 29.9 Å². The number of hydrogen-bond donors (Lipinski definition) is 1. The lowest BCUT2D eigenvalue weighted by Crippen LogP contribution is -2.31. The molecule has 4 heteroatoms. The zero-order chi connectivity index (χ0) is 16.7. The lowest BCUT2D eigenvalue weighted by Gasteiger charge is -2.30. The van der Waals surface area contributed by atoms with Crippen LogP contribution >= 0.6 is 0 Å². The van der Waals surface area contributed by atoms with Gasteiger partial charge >= 0.3 is 0 Å². The van der Waals surface area contributed by atoms with Crippen molar-refractivity contribution in [2.45, 2.75) is 32.7 Å². The smallest absolute Gasteiger partial charge is 0.142 e. The van der Waals surface area contributed by atoms with Crippen LogP contribution in [0.4, 0.5) is 0 Å². The Morgan fingerprint density at radius 2 is 2.04 bits per heavy atom. The molecular weight excluding hydrogens is 302 g/mol. The van der Waals surface area contributed by atoms with E-state index in [1.54, 1.807) is 6.07 Å². The van der Waals surface area contributed by atoms with Gasteiger partial charge < -0.3 is 14.6 Å². The number of benzene rings is 2. The van der Waals surface area contributed by atoms with Crippen molar-refractivity contribution in [1.29, 1.82) is 0 Å². The molecule has 0 bridgehead atoms. The van der Waals surface area contributed by atoms with Gasteiger partial charge in [0.1, 0.15) is 24.0 Å². The van der Waals surface area contributed by atoms with Crippen molar-refractivity contribution >= 4 is 0 Å². The zero-order valence-corrected chi connectivity index (χ0v) is 14.2. The van der Waals surface area contributed by atoms with Crippen molar-refractivity contribution in [3.8, 4) is 17.2 Å². The average molecular weight is 325 g/mol. The van der Waals surface area contributed by atoms with Crippen molar-refractivity contribution < 1.29 is 14.6 Å². The third-order valence-corrected chi connectivity index (χ3v) is 5.11. The summed E-state index contributed by atoms with van der Waals surface area (Å²) >= 11 is 0. The summed E-state index contributed by atoms with van der Waals surface area (Å²) in [5, 5.41) is 9.73. The van der Waals surface area contributed by atoms with Crippen LogP contribution in [0, 0.1) is 6.92 Å². The molecule has 0 amide bonds. The van der Waals surface area contributed by atoms with Crippen LogP contribution in [-0.2, 0) is 13.0 Å². The number of aryl methyl sites for hydroxylation is 1. The van der Waals surface area contributed by atoms with Gasteiger partial charge in [0.15, 0.2) is 0 Å². The minimum Gasteiger partial charge on any atom is -0.508 e. The van der Waals surface area contributed by atoms with Crippen LogP contribution < -0.4 is 9.47 Å². The molecule has 0 aromatic heterocycles. The van der Waals surface area contributed by atoms with Gasteiger partial charge in [-0.25, -0.2) is 0 Å². The largest absolute Gasteiger partial charge is 0.508 e. The fourth-order valence-electron chi connectivity index (χ4n) is 3.63. The molecular formula is C20H23NO3. The summed E-state index contributed by atoms with van der Waals surface area (Å²) in [5.41, 5.74) is 4.85. The molecule has 2 aliphatic rings. The highest BCUT2D eigenvalue weighted by molar-refractivity contribution is 5.48. The number of phenols is 1. The molecule has 2 aromatic rings. The van der Waals surface area contributed by atoms with E-state index in [-0.39, 0.29) is 5.75 Å². The fourth-order valence-corrected chi connectivity index (χ4v) is 3.63. The fraction of sp³-hybridized carbons (Fsp3) is 0.400. The Kier molecular flexibility index (Phi) is 3.85. The molecule has 4 nitrogen and oxygen atoms in total. The van der Waals surface area contributed by atoms with Crippen LogP contribution in [0.5, 0.6) is 17.2 Å². The molecule has 2 aromatic carbocycles. The highest BCUT2D eigenvalue weighted by Gasteiger charge is 2.25. The molecule has 1 atom stereocenters. The van der Waals surface area contributed by atoms with Crippen LogP contribution in [0.25, 0.3) is 0 Å². The van der Waals surface area contributed by atoms with E-state index >= 15 is 0 Å². The maximum absolute atomic E-state index is 9.73. The number of nitrogens with zero attached hydrogens (tertiary/aromatic N) is 1. The van der Waals surface area contributed by atoms with Gasteiger partial charge in [-0.3, -0.25) is 4.90 Å². The van der Waals surface area contributed by atoms with E-state index in [0.717, 1.165) is 36.6 Å². The third kappa shape index (κ3) is 2.71. The number of rotatable bonds is 2. The van der Waals surface area contributed by atoms with Crippen molar-refractivity contribution in [2.75, 3.05) is 19.9 Å². The molecule has 1 N–H and O–H groups in total. The second kappa shape index (κ2) is 6.02. The molecule has 0 radical (unpaired) electrons. The van der Waals surface area contributed by atoms with Gasteiger partial charge in [-0.2, -0.15) is 0 Å². The second-order valence-electron chi connectivity index (χ2n) is 6.74. The van der Waals surface area contributed by atoms with Crippen LogP contribution in [0.15, 0.2) is 30.3 Å². The average Bonchev–Trinajstić information content (AvgIpc) is 2.60. The highest BCUT2D eigenvalue weighted by Crippen LogP contribution is 2.38. The summed E-state index contributed by atoms with van der Waals surface area (Å²) in [6, 6.07) is 10.1. The Morgan fingerprint density at radius 1 is 1.17 bits per heavy atom. The second-order valence-corrected chi connectivity index (χ2v) is 6.74. The Morgan fingerprint density at radius 3 is 2.88 bits per heavy atom. The maximum atomic E-state index is 9.73. The first kappa shape index (κ1) is 15.3. The Hall–Kier alpha value is -2.20. The molecule has 0 saturated heterocycles. The van der Waals surface area contributed by atoms with E-state index in [9.17, 15) is 5.11 Å². The van der Waals surface area contributed by atoms with Crippen molar-refractivity contribution in [3.05, 3.63) is 52.6 Å². The lowest BCUT2D eigenvalue weighted by molar-refractivity contribution is 0.101. The number of phenolic OH excluding ortho intramolecular Hbond substituents is 1. The number of aromatic hydroxyl groups is 1. The topological polar surface area (TPSA) is 41.9 Å². The quantitative estimate of drug-likeness (QED) is 0.916. The molecule has 0 aliphatic carbocycles. The standard InChI is InChI=1S/C20H23NO3/c1-3-21-10-15-7-14(4-5-19(15)24-12-21)16-8-18-13(2)6-17(22)9-20(18)23-11-16/h4-7,9,16,22H,3,8,10-12H2,1-2H3. The maximum Gasteiger partial charge on any atom is 0.142 e. The van der Waals surface area contributed by atoms with Crippen molar-refractivity contribution in [2.24, 2.45) is 0 Å². The predicted octanol–water partition coefficient (Wildman–Crippen LogP) is 3.59. The molecule has 2 heterocycles. The van der Waals surface area contributed by atoms with Crippen LogP contribution in [0.3, 0.4) is 0 Å². The van der Waals surface area contributed by atoms with Gasteiger partial charge in [-0.1, -0.05) is 19.1 Å². The summed E-state index contributed by atoms with van der Waals surface area (Å²) in [5.74, 6) is 2.43. The SMILES string of the molecule is CCN1COc2ccc(C3COc4cc(O)cc(C)c4C3)cc2C1. The van der Waals surface area contributed by atoms with E-state index in [4.69, 9.17) is 9.47 Å². The summed E-state index contributed by atoms with van der Waals surface area (Å²) in [6.45, 7) is 7.44. The minimum atomic E-state index is 0.273. The highest BCUT2D eigenvalue weighted by atomic mass is 16.5. The Balaban J connectivity index is 1.61. The molecule has 0 saturated carbocycles. The van der Waals surface area contributed by atoms with E-state index in [2.05, 4.69) is 30.0 Å². The Labute approximate surface area is 142 Å². The normalized spacial score (nSPS) is 19.8. The monoisotopic (exact) mass is 325 g/mol. The van der Waals surface area contributed by atoms with Gasteiger partial charge in [-0.05, 0) is 48.7 Å². The number of hydrogen-bond acceptors (Lipinski definition) is 4. The molecule has 126 valence electrons. The Bertz CT molecular complexity index is 772. The molecule has 0 spiro atoms. The predicted molar refractivity (Wildman–Crippen MR) is 92.8 cm³/mol. The van der Waals surface area contributed by atoms with E-state index in [0.29, 0.717) is 19.3 Å². The first-order chi connectivity index (χ1) is 11.6. The molecule has 1 unspecified atom stereocenters. The summed E-state index contributed by atoms with van der Waals surface area (Å²) in [6.07, 6.45) is 0.943. The van der Waals surface area contributed by atoms with E-state index < -0.39 is 0 Å². The van der Waals surface area contributed by atoms with Gasteiger partial charge in [0.05, 0.1) is 6.61 Å². The first-order valence-corrected chi connectivity index (χ1v) is 8.57. The van der Waals surface area contributed by atoms with E-state index in [1.165, 1.54) is 16.7 Å². The van der Waals surface area contributed by atoms with Crippen LogP contribution in [0.2, 0.25) is 0 Å². The number of fused-ring (bicyclic) bond motifs is 2. The molecule has 4 rings (SSSR count). The van der Waals surface area contributed by atoms with Crippen molar-refractivity contribution in [1.82, 2.24) is 4.90 Å². The third-order valence-electron chi connectivity index (χ3n) is 5.11. The zero-order valence-electron chi connectivity index (χ0n) is 14.2. The first-order valence-electron chi connectivity index (χ1n) is 8.57. The lowest BCUT2D eigenvalue weighted by atomic mass is 9.87. The summed E-state index contributed by atoms with van der Waals surface area (Å²) in [7, 11) is 0. The molecule has 24 heavy (non-hydrogen) atoms. The molecule has 2 aliphatic heterocycles. The van der Waals surface area contributed by atoms with Gasteiger partial charge in [0.25, 0.3) is 0 Å².